The van der Waals surface area contributed by atoms with Crippen LogP contribution in [0.4, 0.5) is 0 Å². The Morgan fingerprint density at radius 2 is 1.76 bits per heavy atom. The first-order valence-corrected chi connectivity index (χ1v) is 12.8. The van der Waals surface area contributed by atoms with Gasteiger partial charge >= 0.3 is 0 Å². The lowest BCUT2D eigenvalue weighted by atomic mass is 9.45. The van der Waals surface area contributed by atoms with E-state index in [9.17, 15) is 10.2 Å². The molecular weight excluding hydrogens is 420 g/mol. The smallest absolute Gasteiger partial charge is 0.156 e. The Hall–Kier alpha value is -2.12. The van der Waals surface area contributed by atoms with Crippen LogP contribution in [0, 0.1) is 40.4 Å². The number of benzene rings is 1. The molecule has 7 atom stereocenters. The van der Waals surface area contributed by atoms with Crippen LogP contribution in [0.15, 0.2) is 66.8 Å². The lowest BCUT2D eigenvalue weighted by Crippen LogP contribution is -2.60. The van der Waals surface area contributed by atoms with Gasteiger partial charge in [-0.2, -0.15) is 0 Å². The predicted molar refractivity (Wildman–Crippen MR) is 136 cm³/mol. The van der Waals surface area contributed by atoms with Crippen LogP contribution >= 0.6 is 0 Å². The van der Waals surface area contributed by atoms with Crippen LogP contribution < -0.4 is 0 Å². The van der Waals surface area contributed by atoms with Crippen molar-refractivity contribution in [1.82, 2.24) is 0 Å². The Morgan fingerprint density at radius 3 is 2.53 bits per heavy atom. The van der Waals surface area contributed by atoms with Crippen molar-refractivity contribution < 1.29 is 14.9 Å². The van der Waals surface area contributed by atoms with E-state index in [1.54, 1.807) is 0 Å². The second-order valence-electron chi connectivity index (χ2n) is 11.5. The summed E-state index contributed by atoms with van der Waals surface area (Å²) in [4.78, 5) is 0. The van der Waals surface area contributed by atoms with Gasteiger partial charge in [-0.15, -0.1) is 0 Å². The first kappa shape index (κ1) is 23.6. The minimum Gasteiger partial charge on any atom is -0.385 e. The van der Waals surface area contributed by atoms with Crippen LogP contribution in [0.3, 0.4) is 0 Å². The predicted octanol–water partition coefficient (Wildman–Crippen LogP) is 5.59. The van der Waals surface area contributed by atoms with Crippen molar-refractivity contribution in [2.24, 2.45) is 28.6 Å². The summed E-state index contributed by atoms with van der Waals surface area (Å²) in [5, 5.41) is 23.5. The fourth-order valence-electron chi connectivity index (χ4n) is 7.85. The SMILES string of the molecule is C=C1C(=C)C(O)(C#CCOCc2ccccc2)[C@@]2(C)CC[C@@H]3[C@@H](C=CC4(O)CCCC[C@]34C)[C@H]12. The van der Waals surface area contributed by atoms with Crippen molar-refractivity contribution in [2.45, 2.75) is 70.2 Å². The maximum atomic E-state index is 12.0. The lowest BCUT2D eigenvalue weighted by molar-refractivity contribution is -0.152. The molecule has 0 aromatic heterocycles. The van der Waals surface area contributed by atoms with E-state index in [1.165, 1.54) is 6.42 Å². The number of ether oxygens (including phenoxy) is 1. The van der Waals surface area contributed by atoms with Gasteiger partial charge in [0, 0.05) is 10.8 Å². The molecule has 0 bridgehead atoms. The first-order valence-electron chi connectivity index (χ1n) is 12.8. The van der Waals surface area contributed by atoms with Crippen molar-refractivity contribution in [2.75, 3.05) is 6.61 Å². The maximum Gasteiger partial charge on any atom is 0.156 e. The Bertz CT molecular complexity index is 1080. The number of aliphatic hydroxyl groups is 2. The molecule has 34 heavy (non-hydrogen) atoms. The van der Waals surface area contributed by atoms with Crippen molar-refractivity contribution in [3.63, 3.8) is 0 Å². The molecule has 180 valence electrons. The van der Waals surface area contributed by atoms with E-state index in [4.69, 9.17) is 4.74 Å². The maximum absolute atomic E-state index is 12.0. The topological polar surface area (TPSA) is 49.7 Å². The summed E-state index contributed by atoms with van der Waals surface area (Å²) < 4.78 is 5.75. The van der Waals surface area contributed by atoms with Gasteiger partial charge in [0.1, 0.15) is 6.61 Å². The monoisotopic (exact) mass is 458 g/mol. The third-order valence-corrected chi connectivity index (χ3v) is 10.00. The van der Waals surface area contributed by atoms with Gasteiger partial charge < -0.3 is 14.9 Å². The van der Waals surface area contributed by atoms with E-state index in [1.807, 2.05) is 30.3 Å². The Kier molecular flexibility index (Phi) is 5.72. The molecule has 1 aromatic rings. The number of hydrogen-bond acceptors (Lipinski definition) is 3. The normalized spacial score (nSPS) is 42.9. The highest BCUT2D eigenvalue weighted by Gasteiger charge is 2.68. The summed E-state index contributed by atoms with van der Waals surface area (Å²) in [6.45, 7) is 13.9. The van der Waals surface area contributed by atoms with E-state index in [0.717, 1.165) is 43.2 Å². The second kappa shape index (κ2) is 8.23. The van der Waals surface area contributed by atoms with Crippen LogP contribution in [0.25, 0.3) is 0 Å². The Morgan fingerprint density at radius 1 is 1.03 bits per heavy atom. The fourth-order valence-corrected chi connectivity index (χ4v) is 7.85. The minimum atomic E-state index is -1.31. The highest BCUT2D eigenvalue weighted by Crippen LogP contribution is 2.69. The van der Waals surface area contributed by atoms with Gasteiger partial charge in [0.15, 0.2) is 5.60 Å². The average Bonchev–Trinajstić information content (AvgIpc) is 2.98. The van der Waals surface area contributed by atoms with Crippen molar-refractivity contribution in [3.05, 3.63) is 72.4 Å². The van der Waals surface area contributed by atoms with Crippen LogP contribution in [0.5, 0.6) is 0 Å². The van der Waals surface area contributed by atoms with E-state index >= 15 is 0 Å². The highest BCUT2D eigenvalue weighted by atomic mass is 16.5. The van der Waals surface area contributed by atoms with Crippen LogP contribution in [-0.4, -0.2) is 28.0 Å². The Labute approximate surface area is 204 Å². The number of hydrogen-bond donors (Lipinski definition) is 2. The summed E-state index contributed by atoms with van der Waals surface area (Å²) in [6.07, 6.45) is 10.3. The Balaban J connectivity index is 1.40. The number of fused-ring (bicyclic) bond motifs is 5. The quantitative estimate of drug-likeness (QED) is 0.352. The zero-order chi connectivity index (χ0) is 24.2. The summed E-state index contributed by atoms with van der Waals surface area (Å²) >= 11 is 0. The molecule has 3 nitrogen and oxygen atoms in total. The molecule has 2 N–H and O–H groups in total. The standard InChI is InChI=1S/C31H38O3/c1-22-23(2)31(33,17-10-20-34-21-24-11-6-5-7-12-24)29(4)18-14-26-25(27(22)29)13-19-30(32)16-9-8-15-28(26,30)3/h5-7,11-13,19,25-27,32-33H,1-2,8-9,14-16,18,20-21H2,3-4H3/t25-,26-,27+,28-,29+,30?,31?/m1/s1. The summed E-state index contributed by atoms with van der Waals surface area (Å²) in [5.41, 5.74) is 0.0548. The molecule has 0 saturated heterocycles. The fraction of sp³-hybridized carbons (Fsp3) is 0.548. The zero-order valence-electron chi connectivity index (χ0n) is 20.6. The van der Waals surface area contributed by atoms with Crippen LogP contribution in [0.2, 0.25) is 0 Å². The highest BCUT2D eigenvalue weighted by molar-refractivity contribution is 5.54. The van der Waals surface area contributed by atoms with Crippen LogP contribution in [0.1, 0.15) is 57.9 Å². The average molecular weight is 459 g/mol. The third-order valence-electron chi connectivity index (χ3n) is 10.00. The molecule has 2 unspecified atom stereocenters. The van der Waals surface area contributed by atoms with E-state index in [-0.39, 0.29) is 23.9 Å². The van der Waals surface area contributed by atoms with Gasteiger partial charge in [0.05, 0.1) is 12.2 Å². The first-order chi connectivity index (χ1) is 16.2. The van der Waals surface area contributed by atoms with Crippen LogP contribution in [-0.2, 0) is 11.3 Å². The summed E-state index contributed by atoms with van der Waals surface area (Å²) in [5.74, 6) is 6.95. The molecule has 1 aromatic carbocycles. The van der Waals surface area contributed by atoms with E-state index in [2.05, 4.69) is 51.0 Å². The minimum absolute atomic E-state index is 0.0721. The summed E-state index contributed by atoms with van der Waals surface area (Å²) in [7, 11) is 0. The molecule has 0 radical (unpaired) electrons. The molecule has 4 aliphatic carbocycles. The van der Waals surface area contributed by atoms with Gasteiger partial charge in [0.2, 0.25) is 0 Å². The van der Waals surface area contributed by atoms with Crippen molar-refractivity contribution in [3.8, 4) is 11.8 Å². The molecular formula is C31H38O3. The third kappa shape index (κ3) is 3.23. The molecule has 0 spiro atoms. The summed E-state index contributed by atoms with van der Waals surface area (Å²) in [6, 6.07) is 10.0. The molecule has 0 heterocycles. The van der Waals surface area contributed by atoms with Gasteiger partial charge in [-0.3, -0.25) is 0 Å². The molecule has 0 amide bonds. The molecule has 0 aliphatic heterocycles. The van der Waals surface area contributed by atoms with Gasteiger partial charge in [-0.1, -0.05) is 94.2 Å². The van der Waals surface area contributed by atoms with E-state index < -0.39 is 16.6 Å². The molecule has 4 aliphatic rings. The van der Waals surface area contributed by atoms with Gasteiger partial charge in [-0.25, -0.2) is 0 Å². The largest absolute Gasteiger partial charge is 0.385 e. The van der Waals surface area contributed by atoms with E-state index in [0.29, 0.717) is 18.1 Å². The van der Waals surface area contributed by atoms with Gasteiger partial charge in [0.25, 0.3) is 0 Å². The molecule has 5 rings (SSSR count). The molecule has 3 heteroatoms. The van der Waals surface area contributed by atoms with Crippen molar-refractivity contribution >= 4 is 0 Å². The molecule has 3 saturated carbocycles. The number of allylic oxidation sites excluding steroid dienone is 1. The lowest BCUT2D eigenvalue weighted by Gasteiger charge is -2.61. The van der Waals surface area contributed by atoms with Gasteiger partial charge in [-0.05, 0) is 60.1 Å². The second-order valence-corrected chi connectivity index (χ2v) is 11.5. The zero-order valence-corrected chi connectivity index (χ0v) is 20.6. The molecule has 3 fully saturated rings. The number of rotatable bonds is 3. The van der Waals surface area contributed by atoms with Crippen molar-refractivity contribution in [1.29, 1.82) is 0 Å².